The highest BCUT2D eigenvalue weighted by Crippen LogP contribution is 2.40. The largest absolute Gasteiger partial charge is 0.339 e. The second-order valence-corrected chi connectivity index (χ2v) is 5.97. The van der Waals surface area contributed by atoms with E-state index in [0.29, 0.717) is 24.5 Å². The molecule has 0 amide bonds. The molecule has 152 valence electrons. The maximum atomic E-state index is 11.5. The van der Waals surface area contributed by atoms with Gasteiger partial charge in [-0.1, -0.05) is 13.3 Å². The van der Waals surface area contributed by atoms with Crippen molar-refractivity contribution in [2.45, 2.75) is 26.2 Å². The average Bonchev–Trinajstić information content (AvgIpc) is 2.66. The van der Waals surface area contributed by atoms with Crippen LogP contribution in [0.3, 0.4) is 0 Å². The molecular formula is C16H15N5O8. The topological polar surface area (TPSA) is 185 Å². The monoisotopic (exact) mass is 405 g/mol. The van der Waals surface area contributed by atoms with Crippen molar-refractivity contribution >= 4 is 34.1 Å². The van der Waals surface area contributed by atoms with Crippen molar-refractivity contribution in [1.82, 2.24) is 0 Å². The van der Waals surface area contributed by atoms with Crippen LogP contribution in [0.2, 0.25) is 0 Å². The number of benzene rings is 2. The van der Waals surface area contributed by atoms with Crippen molar-refractivity contribution in [2.75, 3.05) is 5.32 Å². The van der Waals surface area contributed by atoms with E-state index in [1.807, 2.05) is 6.92 Å². The van der Waals surface area contributed by atoms with Crippen molar-refractivity contribution in [1.29, 1.82) is 0 Å². The van der Waals surface area contributed by atoms with E-state index < -0.39 is 48.1 Å². The van der Waals surface area contributed by atoms with Gasteiger partial charge in [0.1, 0.15) is 5.69 Å². The zero-order valence-electron chi connectivity index (χ0n) is 15.1. The first-order valence-corrected chi connectivity index (χ1v) is 8.31. The molecule has 0 aliphatic heterocycles. The smallest absolute Gasteiger partial charge is 0.300 e. The van der Waals surface area contributed by atoms with E-state index in [1.54, 1.807) is 0 Å². The molecule has 0 saturated carbocycles. The first kappa shape index (κ1) is 21.1. The molecule has 0 radical (unpaired) electrons. The van der Waals surface area contributed by atoms with Gasteiger partial charge in [-0.15, -0.1) is 0 Å². The zero-order chi connectivity index (χ0) is 21.7. The van der Waals surface area contributed by atoms with Gasteiger partial charge in [0.15, 0.2) is 5.69 Å². The Morgan fingerprint density at radius 2 is 1.34 bits per heavy atom. The maximum absolute atomic E-state index is 11.5. The third kappa shape index (κ3) is 4.77. The molecule has 2 aromatic carbocycles. The minimum atomic E-state index is -0.928. The molecule has 0 aromatic heterocycles. The van der Waals surface area contributed by atoms with Crippen LogP contribution in [-0.4, -0.2) is 19.7 Å². The molecule has 0 fully saturated rings. The lowest BCUT2D eigenvalue weighted by Gasteiger charge is -2.10. The predicted molar refractivity (Wildman–Crippen MR) is 101 cm³/mol. The molecule has 29 heavy (non-hydrogen) atoms. The number of nitro groups is 4. The molecule has 13 nitrogen and oxygen atoms in total. The van der Waals surface area contributed by atoms with E-state index in [1.165, 1.54) is 12.1 Å². The van der Waals surface area contributed by atoms with E-state index in [4.69, 9.17) is 0 Å². The Bertz CT molecular complexity index is 972. The van der Waals surface area contributed by atoms with Crippen LogP contribution < -0.4 is 5.32 Å². The van der Waals surface area contributed by atoms with Crippen LogP contribution in [-0.2, 0) is 6.42 Å². The molecule has 0 atom stereocenters. The number of anilines is 2. The van der Waals surface area contributed by atoms with Crippen LogP contribution >= 0.6 is 0 Å². The third-order valence-electron chi connectivity index (χ3n) is 4.02. The number of nitro benzene ring substituents is 4. The fraction of sp³-hybridized carbons (Fsp3) is 0.250. The van der Waals surface area contributed by atoms with Gasteiger partial charge in [-0.3, -0.25) is 40.5 Å². The molecule has 2 rings (SSSR count). The summed E-state index contributed by atoms with van der Waals surface area (Å²) in [5, 5.41) is 47.5. The maximum Gasteiger partial charge on any atom is 0.300 e. The Labute approximate surface area is 162 Å². The Kier molecular flexibility index (Phi) is 6.33. The lowest BCUT2D eigenvalue weighted by atomic mass is 10.0. The Morgan fingerprint density at radius 1 is 0.793 bits per heavy atom. The third-order valence-corrected chi connectivity index (χ3v) is 4.02. The zero-order valence-corrected chi connectivity index (χ0v) is 15.1. The molecule has 1 N–H and O–H groups in total. The Balaban J connectivity index is 2.65. The normalized spacial score (nSPS) is 10.4. The second-order valence-electron chi connectivity index (χ2n) is 5.97. The number of nitrogens with zero attached hydrogens (tertiary/aromatic N) is 4. The van der Waals surface area contributed by atoms with Gasteiger partial charge in [0.05, 0.1) is 25.8 Å². The minimum Gasteiger partial charge on any atom is -0.339 e. The molecule has 0 unspecified atom stereocenters. The molecule has 0 aliphatic rings. The molecule has 0 heterocycles. The van der Waals surface area contributed by atoms with Gasteiger partial charge < -0.3 is 5.32 Å². The quantitative estimate of drug-likeness (QED) is 0.466. The molecular weight excluding hydrogens is 390 g/mol. The summed E-state index contributed by atoms with van der Waals surface area (Å²) in [4.78, 5) is 41.7. The number of hydrogen-bond acceptors (Lipinski definition) is 9. The Morgan fingerprint density at radius 3 is 1.79 bits per heavy atom. The summed E-state index contributed by atoms with van der Waals surface area (Å²) in [6.45, 7) is 1.90. The summed E-state index contributed by atoms with van der Waals surface area (Å²) in [6.07, 6.45) is 1.82. The van der Waals surface area contributed by atoms with Gasteiger partial charge in [0.25, 0.3) is 22.7 Å². The SMILES string of the molecule is CCCCc1cc([N+](=O)[O-])c(Nc2ccc([N+](=O)[O-])cc2[N+](=O)[O-])c([N+](=O)[O-])c1. The van der Waals surface area contributed by atoms with E-state index >= 15 is 0 Å². The van der Waals surface area contributed by atoms with E-state index in [-0.39, 0.29) is 5.69 Å². The van der Waals surface area contributed by atoms with Crippen LogP contribution in [0.5, 0.6) is 0 Å². The molecule has 0 saturated heterocycles. The number of aryl methyl sites for hydroxylation is 1. The van der Waals surface area contributed by atoms with Crippen molar-refractivity contribution in [3.8, 4) is 0 Å². The fourth-order valence-electron chi connectivity index (χ4n) is 2.63. The van der Waals surface area contributed by atoms with E-state index in [0.717, 1.165) is 18.6 Å². The lowest BCUT2D eigenvalue weighted by molar-refractivity contribution is -0.393. The van der Waals surface area contributed by atoms with Crippen molar-refractivity contribution < 1.29 is 19.7 Å². The summed E-state index contributed by atoms with van der Waals surface area (Å²) < 4.78 is 0. The number of unbranched alkanes of at least 4 members (excludes halogenated alkanes) is 1. The lowest BCUT2D eigenvalue weighted by Crippen LogP contribution is -2.05. The van der Waals surface area contributed by atoms with Crippen molar-refractivity contribution in [3.05, 3.63) is 76.4 Å². The highest BCUT2D eigenvalue weighted by molar-refractivity contribution is 5.83. The van der Waals surface area contributed by atoms with E-state index in [2.05, 4.69) is 5.32 Å². The summed E-state index contributed by atoms with van der Waals surface area (Å²) in [7, 11) is 0. The van der Waals surface area contributed by atoms with Crippen molar-refractivity contribution in [3.63, 3.8) is 0 Å². The first-order valence-electron chi connectivity index (χ1n) is 8.31. The standard InChI is InChI=1S/C16H15N5O8/c1-2-3-4-10-7-14(20(26)27)16(15(8-10)21(28)29)17-12-6-5-11(18(22)23)9-13(12)19(24)25/h5-9,17H,2-4H2,1H3. The summed E-state index contributed by atoms with van der Waals surface area (Å²) in [5.74, 6) is 0. The fourth-order valence-corrected chi connectivity index (χ4v) is 2.63. The molecule has 0 bridgehead atoms. The highest BCUT2D eigenvalue weighted by Gasteiger charge is 2.29. The van der Waals surface area contributed by atoms with Gasteiger partial charge >= 0.3 is 0 Å². The van der Waals surface area contributed by atoms with Gasteiger partial charge in [0.2, 0.25) is 0 Å². The average molecular weight is 405 g/mol. The van der Waals surface area contributed by atoms with Crippen LogP contribution in [0, 0.1) is 40.5 Å². The van der Waals surface area contributed by atoms with Gasteiger partial charge in [0, 0.05) is 18.2 Å². The minimum absolute atomic E-state index is 0.354. The van der Waals surface area contributed by atoms with Crippen LogP contribution in [0.4, 0.5) is 34.1 Å². The number of nitrogens with one attached hydrogen (secondary N) is 1. The number of non-ortho nitro benzene ring substituents is 1. The number of hydrogen-bond donors (Lipinski definition) is 1. The molecule has 13 heteroatoms. The van der Waals surface area contributed by atoms with Crippen LogP contribution in [0.25, 0.3) is 0 Å². The predicted octanol–water partition coefficient (Wildman–Crippen LogP) is 4.41. The van der Waals surface area contributed by atoms with Crippen LogP contribution in [0.15, 0.2) is 30.3 Å². The molecule has 0 aliphatic carbocycles. The summed E-state index contributed by atoms with van der Waals surface area (Å²) in [6, 6.07) is 4.91. The molecule has 2 aromatic rings. The first-order chi connectivity index (χ1) is 13.6. The second kappa shape index (κ2) is 8.69. The summed E-state index contributed by atoms with van der Waals surface area (Å²) >= 11 is 0. The van der Waals surface area contributed by atoms with Crippen LogP contribution in [0.1, 0.15) is 25.3 Å². The van der Waals surface area contributed by atoms with Crippen molar-refractivity contribution in [2.24, 2.45) is 0 Å². The number of rotatable bonds is 9. The van der Waals surface area contributed by atoms with E-state index in [9.17, 15) is 40.5 Å². The van der Waals surface area contributed by atoms with Gasteiger partial charge in [-0.05, 0) is 24.5 Å². The highest BCUT2D eigenvalue weighted by atomic mass is 16.6. The van der Waals surface area contributed by atoms with Gasteiger partial charge in [-0.2, -0.15) is 0 Å². The van der Waals surface area contributed by atoms with Gasteiger partial charge in [-0.25, -0.2) is 0 Å². The Hall–Kier alpha value is -4.16. The summed E-state index contributed by atoms with van der Waals surface area (Å²) in [5.41, 5.74) is -3.09. The molecule has 0 spiro atoms.